The molecule has 0 aromatic heterocycles. The third kappa shape index (κ3) is 8.94. The maximum atomic E-state index is 11.7. The van der Waals surface area contributed by atoms with E-state index in [9.17, 15) is 14.4 Å². The lowest BCUT2D eigenvalue weighted by Gasteiger charge is -2.09. The molecule has 0 spiro atoms. The van der Waals surface area contributed by atoms with Gasteiger partial charge in [-0.25, -0.2) is 4.79 Å². The largest absolute Gasteiger partial charge is 0.484 e. The highest BCUT2D eigenvalue weighted by molar-refractivity contribution is 5.78. The Hall–Kier alpha value is -2.77. The van der Waals surface area contributed by atoms with Gasteiger partial charge in [0.1, 0.15) is 5.75 Å². The van der Waals surface area contributed by atoms with Crippen molar-refractivity contribution in [1.29, 1.82) is 0 Å². The van der Waals surface area contributed by atoms with Crippen molar-refractivity contribution < 1.29 is 23.9 Å². The molecule has 0 aliphatic heterocycles. The van der Waals surface area contributed by atoms with Gasteiger partial charge in [0.15, 0.2) is 6.61 Å². The van der Waals surface area contributed by atoms with E-state index >= 15 is 0 Å². The van der Waals surface area contributed by atoms with Crippen LogP contribution in [0, 0.1) is 0 Å². The summed E-state index contributed by atoms with van der Waals surface area (Å²) < 4.78 is 10.2. The zero-order valence-corrected chi connectivity index (χ0v) is 15.6. The van der Waals surface area contributed by atoms with E-state index in [-0.39, 0.29) is 31.4 Å². The summed E-state index contributed by atoms with van der Waals surface area (Å²) in [5.41, 5.74) is 1.05. The second-order valence-corrected chi connectivity index (χ2v) is 6.27. The van der Waals surface area contributed by atoms with E-state index in [0.717, 1.165) is 18.4 Å². The fourth-order valence-electron chi connectivity index (χ4n) is 2.29. The van der Waals surface area contributed by atoms with Crippen LogP contribution in [0.3, 0.4) is 0 Å². The monoisotopic (exact) mass is 377 g/mol. The van der Waals surface area contributed by atoms with Crippen molar-refractivity contribution in [2.75, 3.05) is 26.3 Å². The minimum atomic E-state index is -0.516. The molecule has 1 aliphatic rings. The number of hydrogen-bond donors (Lipinski definition) is 3. The van der Waals surface area contributed by atoms with Gasteiger partial charge in [0.25, 0.3) is 5.91 Å². The molecule has 8 nitrogen and oxygen atoms in total. The Morgan fingerprint density at radius 3 is 2.44 bits per heavy atom. The Morgan fingerprint density at radius 2 is 1.78 bits per heavy atom. The average molecular weight is 377 g/mol. The molecule has 3 amide bonds. The number of amides is 3. The van der Waals surface area contributed by atoms with Gasteiger partial charge >= 0.3 is 6.09 Å². The summed E-state index contributed by atoms with van der Waals surface area (Å²) in [5, 5.41) is 8.17. The molecule has 0 heterocycles. The van der Waals surface area contributed by atoms with Gasteiger partial charge in [0.2, 0.25) is 5.91 Å². The summed E-state index contributed by atoms with van der Waals surface area (Å²) in [4.78, 5) is 34.4. The third-order valence-corrected chi connectivity index (χ3v) is 3.87. The third-order valence-electron chi connectivity index (χ3n) is 3.87. The first-order valence-electron chi connectivity index (χ1n) is 9.25. The topological polar surface area (TPSA) is 106 Å². The van der Waals surface area contributed by atoms with Crippen LogP contribution >= 0.6 is 0 Å². The number of carbonyl (C=O) groups excluding carboxylic acids is 3. The van der Waals surface area contributed by atoms with Crippen molar-refractivity contribution in [3.63, 3.8) is 0 Å². The number of carbonyl (C=O) groups is 3. The molecule has 0 radical (unpaired) electrons. The SMILES string of the molecule is CCOC(=O)NCCC(=O)NCCc1ccc(OCC(=O)NC2CC2)cc1. The molecular formula is C19H27N3O5. The molecular weight excluding hydrogens is 350 g/mol. The van der Waals surface area contributed by atoms with Crippen LogP contribution in [-0.2, 0) is 20.7 Å². The van der Waals surface area contributed by atoms with Crippen LogP contribution in [-0.4, -0.2) is 50.3 Å². The second kappa shape index (κ2) is 11.1. The molecule has 0 saturated heterocycles. The van der Waals surface area contributed by atoms with Crippen molar-refractivity contribution in [3.05, 3.63) is 29.8 Å². The number of ether oxygens (including phenoxy) is 2. The van der Waals surface area contributed by atoms with Crippen LogP contribution in [0.5, 0.6) is 5.75 Å². The highest BCUT2D eigenvalue weighted by Gasteiger charge is 2.23. The van der Waals surface area contributed by atoms with E-state index in [0.29, 0.717) is 31.4 Å². The molecule has 0 atom stereocenters. The molecule has 1 aromatic carbocycles. The fraction of sp³-hybridized carbons (Fsp3) is 0.526. The van der Waals surface area contributed by atoms with Crippen LogP contribution < -0.4 is 20.7 Å². The lowest BCUT2D eigenvalue weighted by molar-refractivity contribution is -0.123. The van der Waals surface area contributed by atoms with E-state index in [1.807, 2.05) is 24.3 Å². The predicted octanol–water partition coefficient (Wildman–Crippen LogP) is 1.14. The number of benzene rings is 1. The van der Waals surface area contributed by atoms with Crippen molar-refractivity contribution in [1.82, 2.24) is 16.0 Å². The highest BCUT2D eigenvalue weighted by Crippen LogP contribution is 2.18. The van der Waals surface area contributed by atoms with Crippen molar-refractivity contribution in [3.8, 4) is 5.75 Å². The van der Waals surface area contributed by atoms with Crippen LogP contribution in [0.15, 0.2) is 24.3 Å². The molecule has 148 valence electrons. The summed E-state index contributed by atoms with van der Waals surface area (Å²) in [7, 11) is 0. The second-order valence-electron chi connectivity index (χ2n) is 6.27. The Kier molecular flexibility index (Phi) is 8.41. The first-order chi connectivity index (χ1) is 13.1. The smallest absolute Gasteiger partial charge is 0.407 e. The number of rotatable bonds is 11. The van der Waals surface area contributed by atoms with Crippen LogP contribution in [0.1, 0.15) is 31.7 Å². The van der Waals surface area contributed by atoms with Gasteiger partial charge in [-0.1, -0.05) is 12.1 Å². The van der Waals surface area contributed by atoms with Gasteiger partial charge in [-0.05, 0) is 43.9 Å². The van der Waals surface area contributed by atoms with E-state index in [4.69, 9.17) is 9.47 Å². The number of nitrogens with one attached hydrogen (secondary N) is 3. The van der Waals surface area contributed by atoms with Crippen LogP contribution in [0.25, 0.3) is 0 Å². The Morgan fingerprint density at radius 1 is 1.04 bits per heavy atom. The normalized spacial score (nSPS) is 12.8. The van der Waals surface area contributed by atoms with Gasteiger partial charge in [-0.3, -0.25) is 9.59 Å². The Balaban J connectivity index is 1.56. The molecule has 0 bridgehead atoms. The minimum Gasteiger partial charge on any atom is -0.484 e. The van der Waals surface area contributed by atoms with Gasteiger partial charge < -0.3 is 25.4 Å². The number of hydrogen-bond acceptors (Lipinski definition) is 5. The minimum absolute atomic E-state index is 0.0196. The molecule has 0 unspecified atom stereocenters. The maximum Gasteiger partial charge on any atom is 0.407 e. The summed E-state index contributed by atoms with van der Waals surface area (Å²) >= 11 is 0. The summed E-state index contributed by atoms with van der Waals surface area (Å²) in [6.45, 7) is 2.78. The van der Waals surface area contributed by atoms with Crippen molar-refractivity contribution in [2.45, 2.75) is 38.6 Å². The molecule has 1 aromatic rings. The van der Waals surface area contributed by atoms with E-state index in [1.165, 1.54) is 0 Å². The van der Waals surface area contributed by atoms with E-state index < -0.39 is 6.09 Å². The molecule has 1 saturated carbocycles. The zero-order valence-electron chi connectivity index (χ0n) is 15.6. The predicted molar refractivity (Wildman–Crippen MR) is 99.5 cm³/mol. The van der Waals surface area contributed by atoms with Crippen molar-refractivity contribution in [2.24, 2.45) is 0 Å². The molecule has 3 N–H and O–H groups in total. The summed E-state index contributed by atoms with van der Waals surface area (Å²) in [5.74, 6) is 0.411. The zero-order chi connectivity index (χ0) is 19.5. The quantitative estimate of drug-likeness (QED) is 0.536. The Bertz CT molecular complexity index is 629. The highest BCUT2D eigenvalue weighted by atomic mass is 16.5. The van der Waals surface area contributed by atoms with Gasteiger partial charge in [-0.15, -0.1) is 0 Å². The first-order valence-corrected chi connectivity index (χ1v) is 9.25. The van der Waals surface area contributed by atoms with Gasteiger partial charge in [0, 0.05) is 25.6 Å². The maximum absolute atomic E-state index is 11.7. The first kappa shape index (κ1) is 20.5. The van der Waals surface area contributed by atoms with Gasteiger partial charge in [-0.2, -0.15) is 0 Å². The Labute approximate surface area is 159 Å². The summed E-state index contributed by atoms with van der Waals surface area (Å²) in [6.07, 6.45) is 2.48. The van der Waals surface area contributed by atoms with Crippen molar-refractivity contribution >= 4 is 17.9 Å². The molecule has 1 aliphatic carbocycles. The standard InChI is InChI=1S/C19H27N3O5/c1-2-26-19(25)21-12-10-17(23)20-11-9-14-3-7-16(8-4-14)27-13-18(24)22-15-5-6-15/h3-4,7-8,15H,2,5-6,9-13H2,1H3,(H,20,23)(H,21,25)(H,22,24). The summed E-state index contributed by atoms with van der Waals surface area (Å²) in [6, 6.07) is 7.76. The van der Waals surface area contributed by atoms with E-state index in [2.05, 4.69) is 16.0 Å². The fourth-order valence-corrected chi connectivity index (χ4v) is 2.29. The molecule has 1 fully saturated rings. The lowest BCUT2D eigenvalue weighted by Crippen LogP contribution is -2.32. The van der Waals surface area contributed by atoms with E-state index in [1.54, 1.807) is 6.92 Å². The molecule has 27 heavy (non-hydrogen) atoms. The lowest BCUT2D eigenvalue weighted by atomic mass is 10.1. The average Bonchev–Trinajstić information content (AvgIpc) is 3.45. The van der Waals surface area contributed by atoms with Crippen LogP contribution in [0.4, 0.5) is 4.79 Å². The number of alkyl carbamates (subject to hydrolysis) is 1. The molecule has 2 rings (SSSR count). The van der Waals surface area contributed by atoms with Crippen LogP contribution in [0.2, 0.25) is 0 Å². The molecule has 8 heteroatoms. The van der Waals surface area contributed by atoms with Gasteiger partial charge in [0.05, 0.1) is 6.61 Å².